The number of nitrogens with zero attached hydrogens (tertiary/aromatic N) is 1. The minimum Gasteiger partial charge on any atom is -0.495 e. The summed E-state index contributed by atoms with van der Waals surface area (Å²) in [5.74, 6) is 0.837. The van der Waals surface area contributed by atoms with Crippen molar-refractivity contribution in [2.75, 3.05) is 25.5 Å². The lowest BCUT2D eigenvalue weighted by atomic mass is 9.79. The Kier molecular flexibility index (Phi) is 4.35. The van der Waals surface area contributed by atoms with Gasteiger partial charge in [0.2, 0.25) is 0 Å². The maximum atomic E-state index is 12.3. The zero-order valence-electron chi connectivity index (χ0n) is 12.5. The van der Waals surface area contributed by atoms with Crippen LogP contribution in [0.5, 0.6) is 5.75 Å². The number of amides is 2. The van der Waals surface area contributed by atoms with Crippen molar-refractivity contribution in [3.63, 3.8) is 0 Å². The van der Waals surface area contributed by atoms with Crippen LogP contribution in [0.4, 0.5) is 10.5 Å². The molecule has 0 unspecified atom stereocenters. The lowest BCUT2D eigenvalue weighted by Gasteiger charge is -2.38. The van der Waals surface area contributed by atoms with Crippen LogP contribution in [0.25, 0.3) is 0 Å². The normalized spacial score (nSPS) is 17.1. The van der Waals surface area contributed by atoms with Crippen LogP contribution < -0.4 is 15.8 Å². The molecule has 1 aromatic rings. The number of urea groups is 1. The van der Waals surface area contributed by atoms with Gasteiger partial charge in [0.05, 0.1) is 18.6 Å². The number of ether oxygens (including phenoxy) is 1. The first-order valence-electron chi connectivity index (χ1n) is 7.00. The molecule has 21 heavy (non-hydrogen) atoms. The van der Waals surface area contributed by atoms with Crippen LogP contribution in [0, 0.1) is 10.8 Å². The molecule has 2 amide bonds. The Labute approximate surface area is 124 Å². The van der Waals surface area contributed by atoms with Crippen molar-refractivity contribution in [2.45, 2.75) is 19.8 Å². The monoisotopic (exact) mass is 290 g/mol. The van der Waals surface area contributed by atoms with Gasteiger partial charge in [-0.05, 0) is 25.0 Å². The summed E-state index contributed by atoms with van der Waals surface area (Å²) in [7, 11) is 1.57. The molecule has 0 radical (unpaired) electrons. The van der Waals surface area contributed by atoms with Gasteiger partial charge in [0.15, 0.2) is 0 Å². The molecular formula is C15H22N4O2. The quantitative estimate of drug-likeness (QED) is 0.589. The minimum atomic E-state index is -0.290. The summed E-state index contributed by atoms with van der Waals surface area (Å²) in [6.45, 7) is 3.17. The van der Waals surface area contributed by atoms with Crippen molar-refractivity contribution in [3.8, 4) is 5.75 Å². The molecule has 0 spiro atoms. The van der Waals surface area contributed by atoms with Gasteiger partial charge in [-0.1, -0.05) is 19.1 Å². The second-order valence-corrected chi connectivity index (χ2v) is 5.59. The summed E-state index contributed by atoms with van der Waals surface area (Å²) in [6.07, 6.45) is 1.42. The Morgan fingerprint density at radius 2 is 2.00 bits per heavy atom. The first-order chi connectivity index (χ1) is 9.96. The number of nitrogens with two attached hydrogens (primary N) is 1. The van der Waals surface area contributed by atoms with E-state index in [2.05, 4.69) is 5.32 Å². The third-order valence-electron chi connectivity index (χ3n) is 4.15. The number of anilines is 1. The molecule has 6 nitrogen and oxygen atoms in total. The van der Waals surface area contributed by atoms with Crippen molar-refractivity contribution >= 4 is 17.6 Å². The van der Waals surface area contributed by atoms with Crippen molar-refractivity contribution < 1.29 is 9.53 Å². The number of hydrogen-bond acceptors (Lipinski definition) is 3. The molecule has 1 fully saturated rings. The lowest BCUT2D eigenvalue weighted by Crippen LogP contribution is -2.48. The Hall–Kier alpha value is -2.24. The zero-order valence-corrected chi connectivity index (χ0v) is 12.5. The highest BCUT2D eigenvalue weighted by atomic mass is 16.5. The predicted octanol–water partition coefficient (Wildman–Crippen LogP) is 2.27. The van der Waals surface area contributed by atoms with Gasteiger partial charge in [-0.15, -0.1) is 0 Å². The Balaban J connectivity index is 1.98. The zero-order chi connectivity index (χ0) is 15.5. The summed E-state index contributed by atoms with van der Waals surface area (Å²) in [4.78, 5) is 14.0. The van der Waals surface area contributed by atoms with E-state index in [1.165, 1.54) is 0 Å². The number of carbonyl (C=O) groups excluding carboxylic acids is 1. The summed E-state index contributed by atoms with van der Waals surface area (Å²) in [6, 6.07) is 7.17. The topological polar surface area (TPSA) is 91.4 Å². The smallest absolute Gasteiger partial charge is 0.321 e. The van der Waals surface area contributed by atoms with E-state index in [0.717, 1.165) is 0 Å². The number of amidine groups is 1. The van der Waals surface area contributed by atoms with Crippen molar-refractivity contribution in [1.29, 1.82) is 5.41 Å². The van der Waals surface area contributed by atoms with Gasteiger partial charge < -0.3 is 20.7 Å². The summed E-state index contributed by atoms with van der Waals surface area (Å²) >= 11 is 0. The Bertz CT molecular complexity index is 536. The number of benzene rings is 1. The van der Waals surface area contributed by atoms with Gasteiger partial charge in [-0.25, -0.2) is 4.79 Å². The number of carbonyl (C=O) groups is 1. The van der Waals surface area contributed by atoms with Gasteiger partial charge in [-0.2, -0.15) is 0 Å². The highest BCUT2D eigenvalue weighted by Crippen LogP contribution is 2.31. The van der Waals surface area contributed by atoms with Crippen LogP contribution in [0.1, 0.15) is 19.8 Å². The maximum absolute atomic E-state index is 12.3. The Morgan fingerprint density at radius 3 is 2.57 bits per heavy atom. The number of hydrogen-bond donors (Lipinski definition) is 3. The average molecular weight is 290 g/mol. The van der Waals surface area contributed by atoms with Crippen LogP contribution in [-0.4, -0.2) is 37.0 Å². The van der Waals surface area contributed by atoms with E-state index >= 15 is 0 Å². The molecule has 0 bridgehead atoms. The molecule has 0 aliphatic carbocycles. The van der Waals surface area contributed by atoms with Crippen LogP contribution in [0.3, 0.4) is 0 Å². The van der Waals surface area contributed by atoms with E-state index in [1.54, 1.807) is 24.1 Å². The largest absolute Gasteiger partial charge is 0.495 e. The summed E-state index contributed by atoms with van der Waals surface area (Å²) < 4.78 is 5.22. The number of likely N-dealkylation sites (tertiary alicyclic amines) is 1. The van der Waals surface area contributed by atoms with E-state index in [0.29, 0.717) is 37.4 Å². The minimum absolute atomic E-state index is 0.148. The van der Waals surface area contributed by atoms with E-state index < -0.39 is 0 Å². The van der Waals surface area contributed by atoms with Crippen LogP contribution in [0.15, 0.2) is 24.3 Å². The Morgan fingerprint density at radius 1 is 1.38 bits per heavy atom. The van der Waals surface area contributed by atoms with E-state index in [1.807, 2.05) is 19.1 Å². The van der Waals surface area contributed by atoms with E-state index in [-0.39, 0.29) is 17.3 Å². The second-order valence-electron chi connectivity index (χ2n) is 5.59. The van der Waals surface area contributed by atoms with Crippen molar-refractivity contribution in [3.05, 3.63) is 24.3 Å². The molecule has 1 aliphatic heterocycles. The number of nitrogens with one attached hydrogen (secondary N) is 2. The SMILES string of the molecule is COc1ccccc1NC(=O)N1CCC(C)(C(=N)N)CC1. The van der Waals surface area contributed by atoms with E-state index in [9.17, 15) is 4.79 Å². The number of piperidine rings is 1. The summed E-state index contributed by atoms with van der Waals surface area (Å²) in [5.41, 5.74) is 6.00. The molecular weight excluding hydrogens is 268 g/mol. The molecule has 1 saturated heterocycles. The first kappa shape index (κ1) is 15.2. The summed E-state index contributed by atoms with van der Waals surface area (Å²) in [5, 5.41) is 10.5. The molecule has 6 heteroatoms. The molecule has 2 rings (SSSR count). The van der Waals surface area contributed by atoms with Crippen molar-refractivity contribution in [2.24, 2.45) is 11.1 Å². The predicted molar refractivity (Wildman–Crippen MR) is 82.8 cm³/mol. The number of methoxy groups -OCH3 is 1. The van der Waals surface area contributed by atoms with Gasteiger partial charge in [0, 0.05) is 18.5 Å². The standard InChI is InChI=1S/C15H22N4O2/c1-15(13(16)17)7-9-19(10-8-15)14(20)18-11-5-3-4-6-12(11)21-2/h3-6H,7-10H2,1-2H3,(H3,16,17)(H,18,20). The van der Waals surface area contributed by atoms with Crippen LogP contribution in [0.2, 0.25) is 0 Å². The molecule has 0 atom stereocenters. The molecule has 1 aliphatic rings. The third-order valence-corrected chi connectivity index (χ3v) is 4.15. The molecule has 114 valence electrons. The van der Waals surface area contributed by atoms with Gasteiger partial charge in [-0.3, -0.25) is 5.41 Å². The molecule has 4 N–H and O–H groups in total. The fourth-order valence-corrected chi connectivity index (χ4v) is 2.41. The fraction of sp³-hybridized carbons (Fsp3) is 0.467. The van der Waals surface area contributed by atoms with Crippen LogP contribution in [-0.2, 0) is 0 Å². The second kappa shape index (κ2) is 6.03. The third kappa shape index (κ3) is 3.26. The van der Waals surface area contributed by atoms with Gasteiger partial charge in [0.25, 0.3) is 0 Å². The van der Waals surface area contributed by atoms with Gasteiger partial charge in [0.1, 0.15) is 5.75 Å². The first-order valence-corrected chi connectivity index (χ1v) is 7.00. The fourth-order valence-electron chi connectivity index (χ4n) is 2.41. The van der Waals surface area contributed by atoms with Crippen LogP contribution >= 0.6 is 0 Å². The highest BCUT2D eigenvalue weighted by Gasteiger charge is 2.34. The highest BCUT2D eigenvalue weighted by molar-refractivity contribution is 5.91. The lowest BCUT2D eigenvalue weighted by molar-refractivity contribution is 0.170. The molecule has 1 heterocycles. The van der Waals surface area contributed by atoms with E-state index in [4.69, 9.17) is 15.9 Å². The average Bonchev–Trinajstić information content (AvgIpc) is 2.48. The van der Waals surface area contributed by atoms with Crippen molar-refractivity contribution in [1.82, 2.24) is 4.90 Å². The molecule has 1 aromatic carbocycles. The van der Waals surface area contributed by atoms with Gasteiger partial charge >= 0.3 is 6.03 Å². The number of para-hydroxylation sites is 2. The maximum Gasteiger partial charge on any atom is 0.321 e. The molecule has 0 aromatic heterocycles. The number of rotatable bonds is 3. The molecule has 0 saturated carbocycles.